The number of benzene rings is 1. The summed E-state index contributed by atoms with van der Waals surface area (Å²) in [6, 6.07) is 10.8. The van der Waals surface area contributed by atoms with E-state index in [9.17, 15) is 0 Å². The third-order valence-corrected chi connectivity index (χ3v) is 2.13. The van der Waals surface area contributed by atoms with Crippen LogP contribution in [0.1, 0.15) is 11.4 Å². The second-order valence-corrected chi connectivity index (χ2v) is 3.13. The summed E-state index contributed by atoms with van der Waals surface area (Å²) < 4.78 is 1.54. The molecular formula is C11H7N5. The predicted octanol–water partition coefficient (Wildman–Crippen LogP) is 1.20. The van der Waals surface area contributed by atoms with Gasteiger partial charge in [0.1, 0.15) is 18.5 Å². The highest BCUT2D eigenvalue weighted by molar-refractivity contribution is 5.51. The number of hydrogen-bond donors (Lipinski definition) is 1. The predicted molar refractivity (Wildman–Crippen MR) is 57.4 cm³/mol. The second-order valence-electron chi connectivity index (χ2n) is 3.13. The van der Waals surface area contributed by atoms with Gasteiger partial charge < -0.3 is 5.73 Å². The van der Waals surface area contributed by atoms with Gasteiger partial charge in [-0.3, -0.25) is 4.57 Å². The van der Waals surface area contributed by atoms with Crippen molar-refractivity contribution in [1.82, 2.24) is 9.55 Å². The minimum Gasteiger partial charge on any atom is -0.399 e. The molecule has 0 saturated heterocycles. The molecule has 76 valence electrons. The topological polar surface area (TPSA) is 91.4 Å². The first-order valence-electron chi connectivity index (χ1n) is 4.49. The van der Waals surface area contributed by atoms with E-state index < -0.39 is 0 Å². The summed E-state index contributed by atoms with van der Waals surface area (Å²) in [5.74, 6) is 0. The summed E-state index contributed by atoms with van der Waals surface area (Å²) in [7, 11) is 0. The standard InChI is InChI=1S/C11H7N5/c12-5-10-11(6-13)16(7-15-10)9-3-1-2-8(14)4-9/h1-4,7H,14H2. The van der Waals surface area contributed by atoms with Gasteiger partial charge in [-0.25, -0.2) is 4.98 Å². The zero-order chi connectivity index (χ0) is 11.5. The summed E-state index contributed by atoms with van der Waals surface area (Å²) in [5.41, 5.74) is 7.28. The van der Waals surface area contributed by atoms with Crippen molar-refractivity contribution >= 4 is 5.69 Å². The van der Waals surface area contributed by atoms with Crippen molar-refractivity contribution in [2.75, 3.05) is 5.73 Å². The zero-order valence-electron chi connectivity index (χ0n) is 8.25. The maximum Gasteiger partial charge on any atom is 0.177 e. The van der Waals surface area contributed by atoms with Crippen LogP contribution in [0.3, 0.4) is 0 Å². The van der Waals surface area contributed by atoms with Crippen molar-refractivity contribution in [2.24, 2.45) is 0 Å². The number of imidazole rings is 1. The third-order valence-electron chi connectivity index (χ3n) is 2.13. The average molecular weight is 209 g/mol. The Balaban J connectivity index is 2.63. The lowest BCUT2D eigenvalue weighted by atomic mass is 10.2. The van der Waals surface area contributed by atoms with E-state index in [1.807, 2.05) is 12.1 Å². The van der Waals surface area contributed by atoms with E-state index in [0.29, 0.717) is 11.4 Å². The fraction of sp³-hybridized carbons (Fsp3) is 0. The van der Waals surface area contributed by atoms with Crippen molar-refractivity contribution in [3.8, 4) is 17.8 Å². The maximum atomic E-state index is 8.96. The number of anilines is 1. The van der Waals surface area contributed by atoms with Gasteiger partial charge in [0, 0.05) is 11.4 Å². The molecule has 5 nitrogen and oxygen atoms in total. The van der Waals surface area contributed by atoms with E-state index in [1.54, 1.807) is 24.3 Å². The first-order chi connectivity index (χ1) is 7.76. The molecule has 0 unspecified atom stereocenters. The van der Waals surface area contributed by atoms with Crippen molar-refractivity contribution in [2.45, 2.75) is 0 Å². The highest BCUT2D eigenvalue weighted by Crippen LogP contribution is 2.16. The van der Waals surface area contributed by atoms with Crippen LogP contribution in [0.15, 0.2) is 30.6 Å². The maximum absolute atomic E-state index is 8.96. The van der Waals surface area contributed by atoms with Gasteiger partial charge in [0.05, 0.1) is 0 Å². The number of hydrogen-bond acceptors (Lipinski definition) is 4. The number of nitrogens with zero attached hydrogens (tertiary/aromatic N) is 4. The van der Waals surface area contributed by atoms with Crippen LogP contribution in [0, 0.1) is 22.7 Å². The molecule has 0 aliphatic rings. The van der Waals surface area contributed by atoms with E-state index >= 15 is 0 Å². The van der Waals surface area contributed by atoms with Crippen LogP contribution >= 0.6 is 0 Å². The van der Waals surface area contributed by atoms with E-state index in [4.69, 9.17) is 16.3 Å². The Kier molecular flexibility index (Phi) is 2.29. The Labute approximate surface area is 92.0 Å². The molecular weight excluding hydrogens is 202 g/mol. The van der Waals surface area contributed by atoms with Gasteiger partial charge in [-0.15, -0.1) is 0 Å². The Morgan fingerprint density at radius 3 is 2.69 bits per heavy atom. The SMILES string of the molecule is N#Cc1ncn(-c2cccc(N)c2)c1C#N. The summed E-state index contributed by atoms with van der Waals surface area (Å²) in [6.07, 6.45) is 1.44. The minimum atomic E-state index is 0.116. The number of nitrogen functional groups attached to an aromatic ring is 1. The van der Waals surface area contributed by atoms with Crippen LogP contribution in [0.4, 0.5) is 5.69 Å². The van der Waals surface area contributed by atoms with Gasteiger partial charge in [0.2, 0.25) is 0 Å². The Morgan fingerprint density at radius 2 is 2.06 bits per heavy atom. The normalized spacial score (nSPS) is 9.38. The van der Waals surface area contributed by atoms with Crippen molar-refractivity contribution in [3.63, 3.8) is 0 Å². The van der Waals surface area contributed by atoms with Crippen LogP contribution in [0.5, 0.6) is 0 Å². The highest BCUT2D eigenvalue weighted by Gasteiger charge is 2.10. The molecule has 1 heterocycles. The molecule has 0 aliphatic heterocycles. The fourth-order valence-electron chi connectivity index (χ4n) is 1.41. The zero-order valence-corrected chi connectivity index (χ0v) is 8.25. The Bertz CT molecular complexity index is 612. The number of aromatic nitrogens is 2. The molecule has 5 heteroatoms. The van der Waals surface area contributed by atoms with Gasteiger partial charge >= 0.3 is 0 Å². The van der Waals surface area contributed by atoms with Crippen LogP contribution in [-0.2, 0) is 0 Å². The largest absolute Gasteiger partial charge is 0.399 e. The molecule has 2 rings (SSSR count). The molecule has 1 aromatic carbocycles. The lowest BCUT2D eigenvalue weighted by Crippen LogP contribution is -1.97. The van der Waals surface area contributed by atoms with E-state index in [0.717, 1.165) is 0 Å². The summed E-state index contributed by atoms with van der Waals surface area (Å²) in [6.45, 7) is 0. The third kappa shape index (κ3) is 1.47. The van der Waals surface area contributed by atoms with Crippen molar-refractivity contribution in [1.29, 1.82) is 10.5 Å². The number of rotatable bonds is 1. The highest BCUT2D eigenvalue weighted by atomic mass is 15.1. The molecule has 0 radical (unpaired) electrons. The van der Waals surface area contributed by atoms with Gasteiger partial charge in [-0.1, -0.05) is 6.07 Å². The van der Waals surface area contributed by atoms with Crippen LogP contribution in [-0.4, -0.2) is 9.55 Å². The average Bonchev–Trinajstić information content (AvgIpc) is 2.71. The first kappa shape index (κ1) is 9.75. The van der Waals surface area contributed by atoms with Crippen LogP contribution < -0.4 is 5.73 Å². The number of nitriles is 2. The smallest absolute Gasteiger partial charge is 0.177 e. The molecule has 0 atom stereocenters. The molecule has 0 fully saturated rings. The molecule has 0 bridgehead atoms. The molecule has 0 amide bonds. The fourth-order valence-corrected chi connectivity index (χ4v) is 1.41. The van der Waals surface area contributed by atoms with E-state index in [1.165, 1.54) is 10.9 Å². The molecule has 0 aliphatic carbocycles. The van der Waals surface area contributed by atoms with Crippen molar-refractivity contribution < 1.29 is 0 Å². The molecule has 2 N–H and O–H groups in total. The van der Waals surface area contributed by atoms with Crippen LogP contribution in [0.25, 0.3) is 5.69 Å². The Hall–Kier alpha value is -2.79. The molecule has 1 aromatic heterocycles. The van der Waals surface area contributed by atoms with Crippen molar-refractivity contribution in [3.05, 3.63) is 42.0 Å². The summed E-state index contributed by atoms with van der Waals surface area (Å²) in [5, 5.41) is 17.7. The lowest BCUT2D eigenvalue weighted by Gasteiger charge is -2.03. The Morgan fingerprint density at radius 1 is 1.25 bits per heavy atom. The van der Waals surface area contributed by atoms with Gasteiger partial charge in [0.15, 0.2) is 11.4 Å². The molecule has 2 aromatic rings. The summed E-state index contributed by atoms with van der Waals surface area (Å²) >= 11 is 0. The summed E-state index contributed by atoms with van der Waals surface area (Å²) in [4.78, 5) is 3.85. The van der Waals surface area contributed by atoms with Gasteiger partial charge in [0.25, 0.3) is 0 Å². The second kappa shape index (κ2) is 3.76. The number of nitrogens with two attached hydrogens (primary N) is 1. The quantitative estimate of drug-likeness (QED) is 0.714. The van der Waals surface area contributed by atoms with E-state index in [-0.39, 0.29) is 11.4 Å². The molecule has 16 heavy (non-hydrogen) atoms. The minimum absolute atomic E-state index is 0.116. The van der Waals surface area contributed by atoms with Gasteiger partial charge in [-0.2, -0.15) is 10.5 Å². The molecule has 0 spiro atoms. The molecule has 0 saturated carbocycles. The first-order valence-corrected chi connectivity index (χ1v) is 4.49. The monoisotopic (exact) mass is 209 g/mol. The van der Waals surface area contributed by atoms with Gasteiger partial charge in [-0.05, 0) is 18.2 Å². The van der Waals surface area contributed by atoms with E-state index in [2.05, 4.69) is 4.98 Å². The lowest BCUT2D eigenvalue weighted by molar-refractivity contribution is 1.04. The van der Waals surface area contributed by atoms with Crippen LogP contribution in [0.2, 0.25) is 0 Å².